The highest BCUT2D eigenvalue weighted by molar-refractivity contribution is 7.90. The number of imidazole rings is 6. The molecule has 5 aromatic carbocycles. The van der Waals surface area contributed by atoms with Crippen molar-refractivity contribution in [1.82, 2.24) is 102 Å². The molecule has 0 aliphatic carbocycles. The Kier molecular flexibility index (Phi) is 24.2. The minimum Gasteiger partial charge on any atom is -0.486 e. The number of benzene rings is 5. The minimum absolute atomic E-state index is 0.0950. The highest BCUT2D eigenvalue weighted by Crippen LogP contribution is 2.38. The topological polar surface area (TPSA) is 421 Å². The molecule has 12 N–H and O–H groups in total. The maximum Gasteiger partial charge on any atom is 0.176 e. The molecule has 20 rings (SSSR count). The van der Waals surface area contributed by atoms with E-state index in [0.29, 0.717) is 35.8 Å². The van der Waals surface area contributed by atoms with Crippen LogP contribution in [0.5, 0.6) is 11.5 Å². The maximum atomic E-state index is 13.6. The third kappa shape index (κ3) is 18.3. The van der Waals surface area contributed by atoms with Gasteiger partial charge in [-0.05, 0) is 162 Å². The number of halogens is 1. The number of hydrogen-bond donors (Lipinski definition) is 6. The molecule has 14 aromatic heterocycles. The number of ether oxygens (including phenoxy) is 2. The Labute approximate surface area is 700 Å². The summed E-state index contributed by atoms with van der Waals surface area (Å²) in [5, 5.41) is 34.1. The normalized spacial score (nSPS) is 13.3. The summed E-state index contributed by atoms with van der Waals surface area (Å²) in [6.07, 6.45) is 29.4. The number of fused-ring (bicyclic) bond motifs is 8. The fourth-order valence-electron chi connectivity index (χ4n) is 14.1. The molecule has 1 aliphatic heterocycles. The number of aryl methyl sites for hydroxylation is 2. The van der Waals surface area contributed by atoms with E-state index in [-0.39, 0.29) is 47.0 Å². The van der Waals surface area contributed by atoms with Crippen LogP contribution in [0.15, 0.2) is 256 Å². The zero-order chi connectivity index (χ0) is 85.6. The number of aromatic nitrogens is 21. The average Bonchev–Trinajstić information content (AvgIpc) is 1.68. The molecule has 0 unspecified atom stereocenters. The molecule has 19 aromatic rings. The van der Waals surface area contributed by atoms with Gasteiger partial charge in [-0.1, -0.05) is 54.6 Å². The maximum absolute atomic E-state index is 13.6. The smallest absolute Gasteiger partial charge is 0.176 e. The van der Waals surface area contributed by atoms with Gasteiger partial charge >= 0.3 is 0 Å². The summed E-state index contributed by atoms with van der Waals surface area (Å²) in [5.41, 5.74) is 57.3. The van der Waals surface area contributed by atoms with Gasteiger partial charge in [0.1, 0.15) is 19.0 Å². The molecule has 0 spiro atoms. The molecule has 31 nitrogen and oxygen atoms in total. The summed E-state index contributed by atoms with van der Waals surface area (Å²) in [4.78, 5) is 29.7. The van der Waals surface area contributed by atoms with Gasteiger partial charge in [0, 0.05) is 209 Å². The summed E-state index contributed by atoms with van der Waals surface area (Å²) in [6, 6.07) is 46.8. The monoisotopic (exact) mass is 1650 g/mol. The van der Waals surface area contributed by atoms with E-state index in [1.54, 1.807) is 124 Å². The van der Waals surface area contributed by atoms with Crippen molar-refractivity contribution in [1.29, 1.82) is 0 Å². The Bertz CT molecular complexity index is 7050. The molecule has 6 atom stereocenters. The Morgan fingerprint density at radius 3 is 1.16 bits per heavy atom. The molecule has 0 fully saturated rings. The van der Waals surface area contributed by atoms with Crippen LogP contribution in [0, 0.1) is 12.7 Å². The second-order valence-electron chi connectivity index (χ2n) is 29.6. The van der Waals surface area contributed by atoms with Crippen LogP contribution in [0.25, 0.3) is 112 Å². The van der Waals surface area contributed by atoms with Crippen molar-refractivity contribution < 1.29 is 22.3 Å². The van der Waals surface area contributed by atoms with E-state index in [1.807, 2.05) is 171 Å². The highest BCUT2D eigenvalue weighted by Gasteiger charge is 2.24. The second-order valence-corrected chi connectivity index (χ2v) is 31.6. The van der Waals surface area contributed by atoms with E-state index in [9.17, 15) is 12.8 Å². The van der Waals surface area contributed by atoms with E-state index >= 15 is 0 Å². The van der Waals surface area contributed by atoms with Crippen molar-refractivity contribution >= 4 is 54.5 Å². The second kappa shape index (κ2) is 35.7. The number of hydrogen-bond acceptors (Lipinski definition) is 24. The Hall–Kier alpha value is -14.3. The largest absolute Gasteiger partial charge is 0.486 e. The molecule has 0 saturated carbocycles. The zero-order valence-electron chi connectivity index (χ0n) is 68.3. The SMILES string of the molecule is C[C@H](N)c1cc2nccn2nc1-c1ccc2c(c1)OCCO2.C[C@H](N)c1cc2nccn2nc1-c1ccc2ccccc2c1.C[C@H](N)c1cc2nccn2nc1-c1ccccc1S(C)(=O)=O.C[C@H](N)c1cc2nccn2nc1-c1ccncc1.C[C@H](N)c1cc2nccn2nc1-c1cnn(C)c1.Cc1cc(F)cc(-c2nn3ccnc3cc2[C@H](C)N)c1. The first-order valence-electron chi connectivity index (χ1n) is 39.2. The molecular weight excluding hydrogens is 1560 g/mol. The first kappa shape index (κ1) is 82.8. The first-order chi connectivity index (χ1) is 58.8. The Morgan fingerprint density at radius 2 is 0.746 bits per heavy atom. The van der Waals surface area contributed by atoms with Gasteiger partial charge in [-0.2, -0.15) is 35.7 Å². The quantitative estimate of drug-likeness (QED) is 0.0624. The van der Waals surface area contributed by atoms with Crippen LogP contribution in [0.3, 0.4) is 0 Å². The summed E-state index contributed by atoms with van der Waals surface area (Å²) in [6.45, 7) is 14.5. The third-order valence-electron chi connectivity index (χ3n) is 20.1. The zero-order valence-corrected chi connectivity index (χ0v) is 69.1. The van der Waals surface area contributed by atoms with Crippen molar-refractivity contribution in [3.05, 3.63) is 296 Å². The Morgan fingerprint density at radius 1 is 0.377 bits per heavy atom. The first-order valence-corrected chi connectivity index (χ1v) is 41.1. The van der Waals surface area contributed by atoms with E-state index in [1.165, 1.54) is 29.2 Å². The van der Waals surface area contributed by atoms with E-state index < -0.39 is 9.84 Å². The van der Waals surface area contributed by atoms with Gasteiger partial charge < -0.3 is 43.9 Å². The summed E-state index contributed by atoms with van der Waals surface area (Å²) < 4.78 is 61.0. The van der Waals surface area contributed by atoms with Crippen LogP contribution in [-0.2, 0) is 16.9 Å². The fraction of sp³-hybridized carbons (Fsp3) is 0.191. The van der Waals surface area contributed by atoms with Crippen LogP contribution in [-0.4, -0.2) is 130 Å². The lowest BCUT2D eigenvalue weighted by Crippen LogP contribution is -2.15. The molecule has 1 aliphatic rings. The van der Waals surface area contributed by atoms with Gasteiger partial charge in [-0.25, -0.2) is 69.8 Å². The molecule has 0 saturated heterocycles. The third-order valence-corrected chi connectivity index (χ3v) is 21.2. The van der Waals surface area contributed by atoms with Crippen LogP contribution in [0.1, 0.15) is 117 Å². The van der Waals surface area contributed by atoms with Gasteiger partial charge in [0.05, 0.1) is 45.3 Å². The fourth-order valence-corrected chi connectivity index (χ4v) is 15.0. The van der Waals surface area contributed by atoms with Gasteiger partial charge in [0.2, 0.25) is 0 Å². The summed E-state index contributed by atoms with van der Waals surface area (Å²) in [7, 11) is -1.49. The number of rotatable bonds is 13. The molecule has 0 amide bonds. The lowest BCUT2D eigenvalue weighted by atomic mass is 9.99. The van der Waals surface area contributed by atoms with Crippen molar-refractivity contribution in [2.24, 2.45) is 41.4 Å². The molecule has 0 radical (unpaired) electrons. The van der Waals surface area contributed by atoms with Crippen LogP contribution >= 0.6 is 0 Å². The van der Waals surface area contributed by atoms with Gasteiger partial charge in [0.25, 0.3) is 0 Å². The molecular formula is C89H90FN27O4S. The lowest BCUT2D eigenvalue weighted by Gasteiger charge is -2.19. The average molecular weight is 1650 g/mol. The summed E-state index contributed by atoms with van der Waals surface area (Å²) >= 11 is 0. The number of sulfone groups is 1. The van der Waals surface area contributed by atoms with Crippen molar-refractivity contribution in [3.63, 3.8) is 0 Å². The number of nitrogens with two attached hydrogens (primary N) is 6. The minimum atomic E-state index is -3.37. The predicted molar refractivity (Wildman–Crippen MR) is 467 cm³/mol. The van der Waals surface area contributed by atoms with Crippen molar-refractivity contribution in [2.75, 3.05) is 19.5 Å². The highest BCUT2D eigenvalue weighted by atomic mass is 32.2. The molecule has 15 heterocycles. The summed E-state index contributed by atoms with van der Waals surface area (Å²) in [5.74, 6) is 1.23. The lowest BCUT2D eigenvalue weighted by molar-refractivity contribution is 0.171. The molecule has 33 heteroatoms. The number of nitrogens with zero attached hydrogens (tertiary/aromatic N) is 21. The predicted octanol–water partition coefficient (Wildman–Crippen LogP) is 13.4. The Balaban J connectivity index is 0.000000114. The molecule has 122 heavy (non-hydrogen) atoms. The van der Waals surface area contributed by atoms with Crippen molar-refractivity contribution in [3.8, 4) is 79.0 Å². The van der Waals surface area contributed by atoms with Crippen LogP contribution in [0.4, 0.5) is 4.39 Å². The molecule has 0 bridgehead atoms. The van der Waals surface area contributed by atoms with Gasteiger partial charge in [0.15, 0.2) is 55.2 Å². The van der Waals surface area contributed by atoms with E-state index in [4.69, 9.17) is 49.0 Å². The van der Waals surface area contributed by atoms with Crippen LogP contribution in [0.2, 0.25) is 0 Å². The molecule has 618 valence electrons. The van der Waals surface area contributed by atoms with Crippen LogP contribution < -0.4 is 43.9 Å². The van der Waals surface area contributed by atoms with E-state index in [0.717, 1.165) is 129 Å². The van der Waals surface area contributed by atoms with E-state index in [2.05, 4.69) is 95.8 Å². The number of pyridine rings is 1. The van der Waals surface area contributed by atoms with Gasteiger partial charge in [-0.3, -0.25) is 9.67 Å². The van der Waals surface area contributed by atoms with Gasteiger partial charge in [-0.15, -0.1) is 0 Å². The van der Waals surface area contributed by atoms with Crippen molar-refractivity contribution in [2.45, 2.75) is 89.6 Å². The standard InChI is InChI=1S/C18H16N4.C16H16N4O2.C15H15FN4.C15H16N4O2S.C13H13N5.C12H14N6/c1-12(19)16-11-17-20-8-9-22(17)21-18(16)15-7-6-13-4-2-3-5-14(13)10-15;1-10(17)12-9-15-18-4-5-20(15)19-16(12)11-2-3-13-14(8-11)22-7-6-21-13;1-9-5-11(7-12(16)6-9)15-13(10(2)17)8-14-18-3-4-20(14)19-15;1-10(16)12-9-14-17-7-8-19(14)18-15(12)11-5-3-4-6-13(11)22(2,20)21;1-9(14)11-8-12-16-6-7-18(12)17-13(11)10-2-4-15-5-3-10;1-8(13)10-5-11-14-3-4-18(11)16-12(10)9-6-15-17(2)7-9/h2-12H,19H2,1H3;2-5,8-10H,6-7,17H2,1H3;3-8,10H,17H2,1-2H3;3-10H,16H2,1-2H3;2-9H,14H2,1H3;3-8H,13H2,1-2H3/t12-;3*10-;9-;8-/m000000/s1.